The van der Waals surface area contributed by atoms with E-state index in [1.165, 1.54) is 19.3 Å². The number of benzene rings is 1. The van der Waals surface area contributed by atoms with Gasteiger partial charge in [0.25, 0.3) is 0 Å². The number of amides is 1. The zero-order chi connectivity index (χ0) is 15.1. The molecule has 21 heavy (non-hydrogen) atoms. The molecule has 4 heteroatoms. The Morgan fingerprint density at radius 2 is 1.95 bits per heavy atom. The topological polar surface area (TPSA) is 47.6 Å². The third-order valence-corrected chi connectivity index (χ3v) is 3.81. The molecule has 1 amide bonds. The van der Waals surface area contributed by atoms with Crippen LogP contribution in [0.3, 0.4) is 0 Å². The maximum absolute atomic E-state index is 11.9. The Hall–Kier alpha value is -1.97. The van der Waals surface area contributed by atoms with Gasteiger partial charge in [-0.25, -0.2) is 0 Å². The van der Waals surface area contributed by atoms with E-state index < -0.39 is 0 Å². The molecule has 0 aromatic heterocycles. The minimum atomic E-state index is -0.0419. The lowest BCUT2D eigenvalue weighted by atomic mass is 9.95. The van der Waals surface area contributed by atoms with Gasteiger partial charge >= 0.3 is 0 Å². The van der Waals surface area contributed by atoms with Crippen LogP contribution in [-0.2, 0) is 4.79 Å². The van der Waals surface area contributed by atoms with Crippen LogP contribution in [0.25, 0.3) is 6.08 Å². The van der Waals surface area contributed by atoms with Gasteiger partial charge in [0.05, 0.1) is 14.2 Å². The number of carbonyl (C=O) groups excluding carboxylic acids is 1. The lowest BCUT2D eigenvalue weighted by Gasteiger charge is -2.21. The zero-order valence-electron chi connectivity index (χ0n) is 12.7. The molecule has 0 bridgehead atoms. The van der Waals surface area contributed by atoms with Crippen LogP contribution in [0.4, 0.5) is 0 Å². The molecule has 1 N–H and O–H groups in total. The number of hydrogen-bond acceptors (Lipinski definition) is 3. The summed E-state index contributed by atoms with van der Waals surface area (Å²) in [5, 5.41) is 3.06. The van der Waals surface area contributed by atoms with Crippen molar-refractivity contribution in [2.75, 3.05) is 14.2 Å². The first kappa shape index (κ1) is 15.4. The summed E-state index contributed by atoms with van der Waals surface area (Å²) in [6.45, 7) is 0. The van der Waals surface area contributed by atoms with Crippen LogP contribution in [0.5, 0.6) is 11.5 Å². The van der Waals surface area contributed by atoms with Gasteiger partial charge in [0, 0.05) is 23.7 Å². The van der Waals surface area contributed by atoms with E-state index in [1.807, 2.05) is 12.1 Å². The molecular weight excluding hydrogens is 266 g/mol. The second-order valence-electron chi connectivity index (χ2n) is 5.28. The molecule has 0 atom stereocenters. The van der Waals surface area contributed by atoms with E-state index in [4.69, 9.17) is 9.47 Å². The van der Waals surface area contributed by atoms with Gasteiger partial charge in [0.2, 0.25) is 5.91 Å². The van der Waals surface area contributed by atoms with E-state index >= 15 is 0 Å². The standard InChI is InChI=1S/C17H23NO3/c1-20-15-10-8-13(16(12-15)21-2)9-11-17(19)18-14-6-4-3-5-7-14/h8-12,14H,3-7H2,1-2H3,(H,18,19)/b11-9+. The zero-order valence-corrected chi connectivity index (χ0v) is 12.7. The van der Waals surface area contributed by atoms with Crippen LogP contribution in [0.2, 0.25) is 0 Å². The highest BCUT2D eigenvalue weighted by Gasteiger charge is 2.14. The van der Waals surface area contributed by atoms with Crippen molar-refractivity contribution in [1.29, 1.82) is 0 Å². The van der Waals surface area contributed by atoms with E-state index in [2.05, 4.69) is 5.32 Å². The Bertz CT molecular complexity index is 505. The molecule has 1 aromatic rings. The van der Waals surface area contributed by atoms with E-state index in [0.29, 0.717) is 11.8 Å². The predicted octanol–water partition coefficient (Wildman–Crippen LogP) is 3.17. The molecule has 1 aliphatic rings. The lowest BCUT2D eigenvalue weighted by Crippen LogP contribution is -2.34. The molecule has 0 saturated heterocycles. The van der Waals surface area contributed by atoms with Crippen molar-refractivity contribution in [3.63, 3.8) is 0 Å². The highest BCUT2D eigenvalue weighted by Crippen LogP contribution is 2.25. The maximum Gasteiger partial charge on any atom is 0.244 e. The molecule has 0 spiro atoms. The largest absolute Gasteiger partial charge is 0.497 e. The molecule has 4 nitrogen and oxygen atoms in total. The van der Waals surface area contributed by atoms with Gasteiger partial charge in [0.15, 0.2) is 0 Å². The number of carbonyl (C=O) groups is 1. The molecular formula is C17H23NO3. The van der Waals surface area contributed by atoms with Gasteiger partial charge in [-0.2, -0.15) is 0 Å². The van der Waals surface area contributed by atoms with Crippen molar-refractivity contribution in [1.82, 2.24) is 5.32 Å². The van der Waals surface area contributed by atoms with Crippen LogP contribution in [0.15, 0.2) is 24.3 Å². The quantitative estimate of drug-likeness (QED) is 0.847. The summed E-state index contributed by atoms with van der Waals surface area (Å²) in [6.07, 6.45) is 9.22. The minimum absolute atomic E-state index is 0.0419. The molecule has 1 aromatic carbocycles. The molecule has 0 aliphatic heterocycles. The second kappa shape index (κ2) is 7.72. The summed E-state index contributed by atoms with van der Waals surface area (Å²) in [6, 6.07) is 5.86. The fourth-order valence-corrected chi connectivity index (χ4v) is 2.62. The van der Waals surface area contributed by atoms with Crippen LogP contribution in [0, 0.1) is 0 Å². The van der Waals surface area contributed by atoms with Crippen molar-refractivity contribution in [2.24, 2.45) is 0 Å². The summed E-state index contributed by atoms with van der Waals surface area (Å²) in [5.41, 5.74) is 0.858. The Kier molecular flexibility index (Phi) is 5.67. The average molecular weight is 289 g/mol. The molecule has 1 aliphatic carbocycles. The van der Waals surface area contributed by atoms with Crippen LogP contribution < -0.4 is 14.8 Å². The number of rotatable bonds is 5. The van der Waals surface area contributed by atoms with Gasteiger partial charge in [-0.05, 0) is 31.1 Å². The Morgan fingerprint density at radius 1 is 1.19 bits per heavy atom. The highest BCUT2D eigenvalue weighted by molar-refractivity contribution is 5.92. The third kappa shape index (κ3) is 4.52. The van der Waals surface area contributed by atoms with Gasteiger partial charge in [-0.15, -0.1) is 0 Å². The number of hydrogen-bond donors (Lipinski definition) is 1. The smallest absolute Gasteiger partial charge is 0.244 e. The summed E-state index contributed by atoms with van der Waals surface area (Å²) in [5.74, 6) is 1.38. The van der Waals surface area contributed by atoms with Crippen molar-refractivity contribution in [3.05, 3.63) is 29.8 Å². The molecule has 114 valence electrons. The van der Waals surface area contributed by atoms with Gasteiger partial charge in [0.1, 0.15) is 11.5 Å². The van der Waals surface area contributed by atoms with Crippen LogP contribution in [0.1, 0.15) is 37.7 Å². The minimum Gasteiger partial charge on any atom is -0.497 e. The fraction of sp³-hybridized carbons (Fsp3) is 0.471. The Morgan fingerprint density at radius 3 is 2.62 bits per heavy atom. The summed E-state index contributed by atoms with van der Waals surface area (Å²) < 4.78 is 10.5. The van der Waals surface area contributed by atoms with Crippen molar-refractivity contribution >= 4 is 12.0 Å². The molecule has 0 heterocycles. The van der Waals surface area contributed by atoms with Gasteiger partial charge in [-0.3, -0.25) is 4.79 Å². The Labute approximate surface area is 126 Å². The first-order chi connectivity index (χ1) is 10.2. The summed E-state index contributed by atoms with van der Waals surface area (Å²) in [4.78, 5) is 11.9. The second-order valence-corrected chi connectivity index (χ2v) is 5.28. The first-order valence-corrected chi connectivity index (χ1v) is 7.43. The normalized spacial score (nSPS) is 15.9. The number of methoxy groups -OCH3 is 2. The van der Waals surface area contributed by atoms with Crippen molar-refractivity contribution in [2.45, 2.75) is 38.1 Å². The fourth-order valence-electron chi connectivity index (χ4n) is 2.62. The first-order valence-electron chi connectivity index (χ1n) is 7.43. The number of nitrogens with one attached hydrogen (secondary N) is 1. The Balaban J connectivity index is 1.97. The lowest BCUT2D eigenvalue weighted by molar-refractivity contribution is -0.117. The molecule has 2 rings (SSSR count). The predicted molar refractivity (Wildman–Crippen MR) is 83.6 cm³/mol. The number of ether oxygens (including phenoxy) is 2. The third-order valence-electron chi connectivity index (χ3n) is 3.81. The van der Waals surface area contributed by atoms with Gasteiger partial charge < -0.3 is 14.8 Å². The van der Waals surface area contributed by atoms with E-state index in [9.17, 15) is 4.79 Å². The van der Waals surface area contributed by atoms with Crippen molar-refractivity contribution in [3.8, 4) is 11.5 Å². The van der Waals surface area contributed by atoms with Gasteiger partial charge in [-0.1, -0.05) is 19.3 Å². The van der Waals surface area contributed by atoms with Crippen molar-refractivity contribution < 1.29 is 14.3 Å². The summed E-state index contributed by atoms with van der Waals surface area (Å²) >= 11 is 0. The molecule has 1 saturated carbocycles. The highest BCUT2D eigenvalue weighted by atomic mass is 16.5. The summed E-state index contributed by atoms with van der Waals surface area (Å²) in [7, 11) is 3.22. The maximum atomic E-state index is 11.9. The molecule has 0 unspecified atom stereocenters. The van der Waals surface area contributed by atoms with Crippen LogP contribution in [-0.4, -0.2) is 26.2 Å². The molecule has 1 fully saturated rings. The molecule has 0 radical (unpaired) electrons. The van der Waals surface area contributed by atoms with E-state index in [1.54, 1.807) is 32.4 Å². The monoisotopic (exact) mass is 289 g/mol. The van der Waals surface area contributed by atoms with E-state index in [-0.39, 0.29) is 5.91 Å². The van der Waals surface area contributed by atoms with Crippen LogP contribution >= 0.6 is 0 Å². The van der Waals surface area contributed by atoms with E-state index in [0.717, 1.165) is 24.2 Å². The SMILES string of the molecule is COc1ccc(/C=C/C(=O)NC2CCCCC2)c(OC)c1. The average Bonchev–Trinajstić information content (AvgIpc) is 2.53.